The Morgan fingerprint density at radius 1 is 0.758 bits per heavy atom. The fraction of sp³-hybridized carbons (Fsp3) is 0.143. The molecule has 0 radical (unpaired) electrons. The molecule has 0 aromatic heterocycles. The molecule has 6 rings (SSSR count). The van der Waals surface area contributed by atoms with Crippen LogP contribution in [0.3, 0.4) is 0 Å². The summed E-state index contributed by atoms with van der Waals surface area (Å²) in [6, 6.07) is 25.4. The first-order valence-corrected chi connectivity index (χ1v) is 11.8. The van der Waals surface area contributed by atoms with Gasteiger partial charge in [0.2, 0.25) is 0 Å². The van der Waals surface area contributed by atoms with Gasteiger partial charge in [-0.25, -0.2) is 5.01 Å². The molecule has 2 amide bonds. The van der Waals surface area contributed by atoms with Crippen molar-refractivity contribution in [3.05, 3.63) is 130 Å². The van der Waals surface area contributed by atoms with Gasteiger partial charge in [-0.3, -0.25) is 9.59 Å². The van der Waals surface area contributed by atoms with Gasteiger partial charge >= 0.3 is 0 Å². The van der Waals surface area contributed by atoms with Crippen LogP contribution in [0.15, 0.2) is 108 Å². The quantitative estimate of drug-likeness (QED) is 0.332. The normalized spacial score (nSPS) is 27.8. The summed E-state index contributed by atoms with van der Waals surface area (Å²) >= 11 is 3.52. The fourth-order valence-corrected chi connectivity index (χ4v) is 5.65. The molecule has 2 heterocycles. The van der Waals surface area contributed by atoms with Gasteiger partial charge in [0.1, 0.15) is 0 Å². The van der Waals surface area contributed by atoms with E-state index in [1.807, 2.05) is 35.3 Å². The zero-order valence-corrected chi connectivity index (χ0v) is 19.4. The highest BCUT2D eigenvalue weighted by atomic mass is 79.9. The molecule has 3 aliphatic rings. The molecule has 0 bridgehead atoms. The summed E-state index contributed by atoms with van der Waals surface area (Å²) in [4.78, 5) is 26.6. The maximum Gasteiger partial charge on any atom is 0.276 e. The number of amides is 2. The number of hydrogen-bond acceptors (Lipinski definition) is 3. The summed E-state index contributed by atoms with van der Waals surface area (Å²) < 4.78 is 1.03. The van der Waals surface area contributed by atoms with Crippen LogP contribution < -0.4 is 0 Å². The monoisotopic (exact) mass is 496 g/mol. The molecule has 3 aromatic carbocycles. The number of fused-ring (bicyclic) bond motifs is 1. The highest BCUT2D eigenvalue weighted by Crippen LogP contribution is 2.56. The number of rotatable bonds is 4. The molecule has 1 aliphatic carbocycles. The zero-order valence-electron chi connectivity index (χ0n) is 17.8. The second kappa shape index (κ2) is 7.65. The largest absolute Gasteiger partial charge is 0.276 e. The van der Waals surface area contributed by atoms with Crippen molar-refractivity contribution in [1.82, 2.24) is 10.0 Å². The second-order valence-electron chi connectivity index (χ2n) is 8.73. The van der Waals surface area contributed by atoms with Crippen LogP contribution in [-0.2, 0) is 0 Å². The minimum absolute atomic E-state index is 0.0289. The van der Waals surface area contributed by atoms with Crippen molar-refractivity contribution >= 4 is 27.7 Å². The van der Waals surface area contributed by atoms with Gasteiger partial charge < -0.3 is 0 Å². The van der Waals surface area contributed by atoms with Gasteiger partial charge in [0.25, 0.3) is 11.8 Å². The number of allylic oxidation sites excluding steroid dienone is 2. The molecule has 5 heteroatoms. The van der Waals surface area contributed by atoms with Gasteiger partial charge in [-0.1, -0.05) is 89.3 Å². The van der Waals surface area contributed by atoms with E-state index in [9.17, 15) is 9.59 Å². The number of halogens is 1. The van der Waals surface area contributed by atoms with E-state index in [1.54, 1.807) is 24.3 Å². The fourth-order valence-electron chi connectivity index (χ4n) is 5.38. The van der Waals surface area contributed by atoms with E-state index in [-0.39, 0.29) is 35.7 Å². The lowest BCUT2D eigenvalue weighted by atomic mass is 9.82. The van der Waals surface area contributed by atoms with Crippen LogP contribution in [0.2, 0.25) is 0 Å². The smallest absolute Gasteiger partial charge is 0.267 e. The third-order valence-corrected chi connectivity index (χ3v) is 7.44. The van der Waals surface area contributed by atoms with E-state index in [4.69, 9.17) is 0 Å². The van der Waals surface area contributed by atoms with E-state index >= 15 is 0 Å². The number of imide groups is 1. The third-order valence-electron chi connectivity index (χ3n) is 6.91. The van der Waals surface area contributed by atoms with E-state index in [0.29, 0.717) is 11.1 Å². The molecule has 2 aliphatic heterocycles. The first-order valence-electron chi connectivity index (χ1n) is 11.0. The van der Waals surface area contributed by atoms with Crippen molar-refractivity contribution in [2.45, 2.75) is 18.0 Å². The van der Waals surface area contributed by atoms with Crippen molar-refractivity contribution in [1.29, 1.82) is 0 Å². The predicted molar refractivity (Wildman–Crippen MR) is 130 cm³/mol. The molecule has 4 nitrogen and oxygen atoms in total. The van der Waals surface area contributed by atoms with Crippen LogP contribution in [-0.4, -0.2) is 27.9 Å². The summed E-state index contributed by atoms with van der Waals surface area (Å²) in [7, 11) is 0. The Kier molecular flexibility index (Phi) is 4.71. The van der Waals surface area contributed by atoms with Gasteiger partial charge in [-0.15, -0.1) is 0 Å². The van der Waals surface area contributed by atoms with Crippen molar-refractivity contribution < 1.29 is 9.59 Å². The predicted octanol–water partition coefficient (Wildman–Crippen LogP) is 5.91. The van der Waals surface area contributed by atoms with Crippen molar-refractivity contribution in [2.75, 3.05) is 0 Å². The summed E-state index contributed by atoms with van der Waals surface area (Å²) in [5, 5.41) is 3.33. The maximum absolute atomic E-state index is 13.3. The van der Waals surface area contributed by atoms with Crippen LogP contribution in [0.1, 0.15) is 43.8 Å². The van der Waals surface area contributed by atoms with Crippen molar-refractivity contribution in [2.24, 2.45) is 5.92 Å². The third kappa shape index (κ3) is 3.15. The summed E-state index contributed by atoms with van der Waals surface area (Å²) in [6.07, 6.45) is 4.27. The maximum atomic E-state index is 13.3. The van der Waals surface area contributed by atoms with Crippen molar-refractivity contribution in [3.63, 3.8) is 0 Å². The lowest BCUT2D eigenvalue weighted by molar-refractivity contribution is 0.0328. The van der Waals surface area contributed by atoms with Crippen molar-refractivity contribution in [3.8, 4) is 0 Å². The number of carbonyl (C=O) groups excluding carboxylic acids is 2. The Bertz CT molecular complexity index is 1280. The topological polar surface area (TPSA) is 40.4 Å². The highest BCUT2D eigenvalue weighted by Gasteiger charge is 2.61. The van der Waals surface area contributed by atoms with E-state index in [1.165, 1.54) is 10.6 Å². The van der Waals surface area contributed by atoms with Crippen LogP contribution in [0, 0.1) is 5.92 Å². The number of benzene rings is 3. The molecule has 1 fully saturated rings. The van der Waals surface area contributed by atoms with E-state index < -0.39 is 0 Å². The molecule has 3 aromatic rings. The number of nitrogens with zero attached hydrogens (tertiary/aromatic N) is 2. The zero-order chi connectivity index (χ0) is 22.7. The van der Waals surface area contributed by atoms with Crippen LogP contribution in [0.25, 0.3) is 0 Å². The van der Waals surface area contributed by atoms with Gasteiger partial charge in [-0.05, 0) is 41.0 Å². The van der Waals surface area contributed by atoms with Gasteiger partial charge in [-0.2, -0.15) is 5.01 Å². The lowest BCUT2D eigenvalue weighted by Gasteiger charge is -2.23. The molecule has 0 N–H and O–H groups in total. The Hall–Kier alpha value is -3.28. The molecule has 1 saturated heterocycles. The highest BCUT2D eigenvalue weighted by molar-refractivity contribution is 9.10. The summed E-state index contributed by atoms with van der Waals surface area (Å²) in [5.41, 5.74) is 4.26. The van der Waals surface area contributed by atoms with Gasteiger partial charge in [0.15, 0.2) is 0 Å². The lowest BCUT2D eigenvalue weighted by Crippen LogP contribution is -2.37. The Morgan fingerprint density at radius 2 is 1.36 bits per heavy atom. The molecule has 2 unspecified atom stereocenters. The molecular formula is C28H21BrN2O2. The number of hydrazine groups is 1. The number of carbonyl (C=O) groups is 2. The average Bonchev–Trinajstić information content (AvgIpc) is 3.35. The van der Waals surface area contributed by atoms with Crippen LogP contribution in [0.5, 0.6) is 0 Å². The standard InChI is InChI=1S/C28H21BrN2O2/c1-17-11-16-23(24(17)18-12-14-20(29)15-13-18)26-25(19-7-3-2-4-8-19)30(26)31-27(32)21-9-5-6-10-22(21)28(31)33/h2-16,23-26H,1H2/t23-,24+,25?,26+,30?/m1/s1. The Morgan fingerprint density at radius 3 is 2.00 bits per heavy atom. The van der Waals surface area contributed by atoms with Gasteiger partial charge in [0.05, 0.1) is 23.2 Å². The average molecular weight is 497 g/mol. The Labute approximate surface area is 200 Å². The minimum Gasteiger partial charge on any atom is -0.267 e. The van der Waals surface area contributed by atoms with Crippen LogP contribution >= 0.6 is 15.9 Å². The van der Waals surface area contributed by atoms with E-state index in [0.717, 1.165) is 15.6 Å². The second-order valence-corrected chi connectivity index (χ2v) is 9.65. The molecule has 5 atom stereocenters. The molecule has 33 heavy (non-hydrogen) atoms. The van der Waals surface area contributed by atoms with E-state index in [2.05, 4.69) is 58.9 Å². The number of hydrogen-bond donors (Lipinski definition) is 0. The van der Waals surface area contributed by atoms with Crippen LogP contribution in [0.4, 0.5) is 0 Å². The SMILES string of the molecule is C=C1C=C[C@@H]([C@H]2C(c3ccccc3)N2N2C(=O)c3ccccc3C2=O)[C@@H]1c1ccc(Br)cc1. The minimum atomic E-state index is -0.250. The van der Waals surface area contributed by atoms with Gasteiger partial charge in [0, 0.05) is 16.3 Å². The molecule has 0 spiro atoms. The summed E-state index contributed by atoms with van der Waals surface area (Å²) in [6.45, 7) is 4.31. The molecular weight excluding hydrogens is 476 g/mol. The Balaban J connectivity index is 1.40. The first-order chi connectivity index (χ1) is 16.1. The molecule has 162 valence electrons. The molecule has 0 saturated carbocycles. The summed E-state index contributed by atoms with van der Waals surface area (Å²) in [5.74, 6) is -0.317. The first kappa shape index (κ1) is 20.3.